The molecule has 0 saturated carbocycles. The van der Waals surface area contributed by atoms with E-state index in [0.29, 0.717) is 0 Å². The lowest BCUT2D eigenvalue weighted by molar-refractivity contribution is -0.149. The highest BCUT2D eigenvalue weighted by Crippen LogP contribution is 2.06. The Hall–Kier alpha value is -1.15. The second-order valence-corrected chi connectivity index (χ2v) is 6.50. The normalized spacial score (nSPS) is 14.9. The van der Waals surface area contributed by atoms with E-state index < -0.39 is 33.8 Å². The first kappa shape index (κ1) is 16.9. The summed E-state index contributed by atoms with van der Waals surface area (Å²) >= 11 is 0. The minimum absolute atomic E-state index is 0.0158. The number of aliphatic carboxylic acids is 1. The summed E-state index contributed by atoms with van der Waals surface area (Å²) in [5.74, 6) is -1.87. The molecule has 3 N–H and O–H groups in total. The third-order valence-electron chi connectivity index (χ3n) is 2.60. The molecule has 0 aromatic carbocycles. The van der Waals surface area contributed by atoms with Gasteiger partial charge in [0.2, 0.25) is 5.91 Å². The van der Waals surface area contributed by atoms with Crippen molar-refractivity contribution in [2.24, 2.45) is 5.73 Å². The van der Waals surface area contributed by atoms with Crippen LogP contribution in [0.4, 0.5) is 0 Å². The van der Waals surface area contributed by atoms with E-state index in [0.717, 1.165) is 11.2 Å². The molecule has 0 radical (unpaired) electrons. The topological polar surface area (TPSA) is 118 Å². The Balaban J connectivity index is 4.58. The van der Waals surface area contributed by atoms with Gasteiger partial charge in [0, 0.05) is 13.3 Å². The van der Waals surface area contributed by atoms with E-state index in [2.05, 4.69) is 0 Å². The number of amides is 1. The molecule has 106 valence electrons. The van der Waals surface area contributed by atoms with Crippen LogP contribution in [0.5, 0.6) is 0 Å². The molecule has 0 saturated heterocycles. The number of carbonyl (C=O) groups is 2. The predicted molar refractivity (Wildman–Crippen MR) is 66.8 cm³/mol. The lowest BCUT2D eigenvalue weighted by Crippen LogP contribution is -2.49. The fraction of sp³-hybridized carbons (Fsp3) is 0.800. The number of carboxylic acid groups (broad SMARTS) is 1. The fourth-order valence-electron chi connectivity index (χ4n) is 1.49. The van der Waals surface area contributed by atoms with Crippen molar-refractivity contribution in [3.8, 4) is 0 Å². The van der Waals surface area contributed by atoms with Gasteiger partial charge in [-0.1, -0.05) is 6.92 Å². The molecule has 2 atom stereocenters. The first-order valence-corrected chi connectivity index (χ1v) is 7.59. The van der Waals surface area contributed by atoms with Gasteiger partial charge in [0.25, 0.3) is 0 Å². The zero-order chi connectivity index (χ0) is 14.5. The van der Waals surface area contributed by atoms with Gasteiger partial charge < -0.3 is 15.7 Å². The highest BCUT2D eigenvalue weighted by atomic mass is 32.2. The van der Waals surface area contributed by atoms with Gasteiger partial charge in [-0.15, -0.1) is 0 Å². The predicted octanol–water partition coefficient (Wildman–Crippen LogP) is -0.930. The lowest BCUT2D eigenvalue weighted by Gasteiger charge is -2.26. The van der Waals surface area contributed by atoms with E-state index in [-0.39, 0.29) is 18.6 Å². The van der Waals surface area contributed by atoms with Crippen LogP contribution in [0.1, 0.15) is 19.8 Å². The third-order valence-corrected chi connectivity index (χ3v) is 3.58. The zero-order valence-corrected chi connectivity index (χ0v) is 11.6. The fourth-order valence-corrected chi connectivity index (χ4v) is 2.18. The molecule has 7 nitrogen and oxygen atoms in total. The summed E-state index contributed by atoms with van der Waals surface area (Å²) in [6.45, 7) is 1.64. The number of likely N-dealkylation sites (N-methyl/N-ethyl adjacent to an activating group) is 1. The Morgan fingerprint density at radius 3 is 2.22 bits per heavy atom. The molecule has 8 heteroatoms. The van der Waals surface area contributed by atoms with E-state index in [4.69, 9.17) is 10.8 Å². The molecule has 0 aromatic heterocycles. The molecular formula is C10H20N2O5S. The van der Waals surface area contributed by atoms with Crippen molar-refractivity contribution in [2.75, 3.05) is 19.1 Å². The molecule has 0 spiro atoms. The number of carboxylic acids is 1. The smallest absolute Gasteiger partial charge is 0.326 e. The summed E-state index contributed by atoms with van der Waals surface area (Å²) in [5.41, 5.74) is 5.57. The summed E-state index contributed by atoms with van der Waals surface area (Å²) < 4.78 is 21.9. The van der Waals surface area contributed by atoms with Crippen molar-refractivity contribution in [1.82, 2.24) is 4.90 Å². The van der Waals surface area contributed by atoms with Crippen molar-refractivity contribution < 1.29 is 23.1 Å². The number of nitrogens with zero attached hydrogens (tertiary/aromatic N) is 1. The largest absolute Gasteiger partial charge is 0.480 e. The Morgan fingerprint density at radius 1 is 1.39 bits per heavy atom. The molecule has 0 aliphatic carbocycles. The molecule has 2 unspecified atom stereocenters. The summed E-state index contributed by atoms with van der Waals surface area (Å²) in [5, 5.41) is 8.90. The van der Waals surface area contributed by atoms with Gasteiger partial charge in [-0.05, 0) is 12.8 Å². The molecule has 0 bridgehead atoms. The molecule has 0 aliphatic heterocycles. The second kappa shape index (κ2) is 6.69. The Bertz CT molecular complexity index is 406. The molecule has 0 heterocycles. The van der Waals surface area contributed by atoms with Gasteiger partial charge in [-0.25, -0.2) is 13.2 Å². The van der Waals surface area contributed by atoms with Gasteiger partial charge in [0.1, 0.15) is 15.9 Å². The number of hydrogen-bond acceptors (Lipinski definition) is 5. The summed E-state index contributed by atoms with van der Waals surface area (Å²) in [7, 11) is -1.84. The lowest BCUT2D eigenvalue weighted by atomic mass is 10.1. The number of sulfone groups is 1. The summed E-state index contributed by atoms with van der Waals surface area (Å²) in [6.07, 6.45) is 1.30. The molecule has 1 amide bonds. The van der Waals surface area contributed by atoms with Crippen molar-refractivity contribution in [1.29, 1.82) is 0 Å². The molecule has 0 aliphatic rings. The average molecular weight is 280 g/mol. The molecule has 0 aromatic rings. The maximum atomic E-state index is 11.8. The highest BCUT2D eigenvalue weighted by molar-refractivity contribution is 7.90. The first-order valence-electron chi connectivity index (χ1n) is 5.53. The van der Waals surface area contributed by atoms with Crippen LogP contribution in [-0.2, 0) is 19.4 Å². The SMILES string of the molecule is CCC(C(=O)O)N(C)C(=O)C(N)CCS(C)(=O)=O. The van der Waals surface area contributed by atoms with Crippen LogP contribution >= 0.6 is 0 Å². The van der Waals surface area contributed by atoms with Crippen molar-refractivity contribution in [2.45, 2.75) is 31.8 Å². The van der Waals surface area contributed by atoms with Crippen LogP contribution in [-0.4, -0.2) is 61.4 Å². The van der Waals surface area contributed by atoms with Gasteiger partial charge >= 0.3 is 5.97 Å². The highest BCUT2D eigenvalue weighted by Gasteiger charge is 2.28. The minimum Gasteiger partial charge on any atom is -0.480 e. The summed E-state index contributed by atoms with van der Waals surface area (Å²) in [4.78, 5) is 23.7. The van der Waals surface area contributed by atoms with Crippen LogP contribution in [0.25, 0.3) is 0 Å². The van der Waals surface area contributed by atoms with Gasteiger partial charge in [0.05, 0.1) is 11.8 Å². The molecular weight excluding hydrogens is 260 g/mol. The Labute approximate surface area is 107 Å². The maximum Gasteiger partial charge on any atom is 0.326 e. The maximum absolute atomic E-state index is 11.8. The van der Waals surface area contributed by atoms with Crippen LogP contribution in [0.2, 0.25) is 0 Å². The Morgan fingerprint density at radius 2 is 1.89 bits per heavy atom. The van der Waals surface area contributed by atoms with Gasteiger partial charge in [0.15, 0.2) is 0 Å². The first-order chi connectivity index (χ1) is 8.10. The van der Waals surface area contributed by atoms with E-state index in [1.807, 2.05) is 0 Å². The average Bonchev–Trinajstić information content (AvgIpc) is 2.24. The van der Waals surface area contributed by atoms with E-state index >= 15 is 0 Å². The molecule has 18 heavy (non-hydrogen) atoms. The number of hydrogen-bond donors (Lipinski definition) is 2. The number of nitrogens with two attached hydrogens (primary N) is 1. The van der Waals surface area contributed by atoms with Crippen molar-refractivity contribution >= 4 is 21.7 Å². The molecule has 0 rings (SSSR count). The standard InChI is InChI=1S/C10H20N2O5S/c1-4-8(10(14)15)12(2)9(13)7(11)5-6-18(3,16)17/h7-8H,4-6,11H2,1-3H3,(H,14,15). The third kappa shape index (κ3) is 5.46. The zero-order valence-electron chi connectivity index (χ0n) is 10.8. The quantitative estimate of drug-likeness (QED) is 0.622. The number of carbonyl (C=O) groups excluding carboxylic acids is 1. The Kier molecular flexibility index (Phi) is 6.27. The van der Waals surface area contributed by atoms with Crippen molar-refractivity contribution in [3.05, 3.63) is 0 Å². The second-order valence-electron chi connectivity index (χ2n) is 4.24. The summed E-state index contributed by atoms with van der Waals surface area (Å²) in [6, 6.07) is -1.94. The van der Waals surface area contributed by atoms with Crippen molar-refractivity contribution in [3.63, 3.8) is 0 Å². The van der Waals surface area contributed by atoms with E-state index in [1.54, 1.807) is 6.92 Å². The van der Waals surface area contributed by atoms with Crippen LogP contribution < -0.4 is 5.73 Å². The minimum atomic E-state index is -3.19. The van der Waals surface area contributed by atoms with Crippen LogP contribution in [0.15, 0.2) is 0 Å². The van der Waals surface area contributed by atoms with E-state index in [1.165, 1.54) is 7.05 Å². The number of rotatable bonds is 7. The van der Waals surface area contributed by atoms with E-state index in [9.17, 15) is 18.0 Å². The van der Waals surface area contributed by atoms with Crippen LogP contribution in [0, 0.1) is 0 Å². The van der Waals surface area contributed by atoms with Crippen LogP contribution in [0.3, 0.4) is 0 Å². The monoisotopic (exact) mass is 280 g/mol. The van der Waals surface area contributed by atoms with Gasteiger partial charge in [-0.2, -0.15) is 0 Å². The molecule has 0 fully saturated rings. The van der Waals surface area contributed by atoms with Gasteiger partial charge in [-0.3, -0.25) is 4.79 Å².